The van der Waals surface area contributed by atoms with E-state index in [1.165, 1.54) is 0 Å². The number of nitrogens with zero attached hydrogens (tertiary/aromatic N) is 2. The SMILES string of the molecule is O=C(OOCc1ccccc1)C(CN1CCOCC1)Cn1oc(-c2ccccc2)c(Cl)c1=O. The maximum absolute atomic E-state index is 12.9. The highest BCUT2D eigenvalue weighted by atomic mass is 35.5. The zero-order valence-corrected chi connectivity index (χ0v) is 18.8. The fourth-order valence-electron chi connectivity index (χ4n) is 3.59. The number of carbonyl (C=O) groups is 1. The van der Waals surface area contributed by atoms with Crippen molar-refractivity contribution in [2.75, 3.05) is 32.8 Å². The molecule has 8 nitrogen and oxygen atoms in total. The first-order valence-electron chi connectivity index (χ1n) is 10.7. The quantitative estimate of drug-likeness (QED) is 0.348. The van der Waals surface area contributed by atoms with Crippen molar-refractivity contribution in [2.24, 2.45) is 5.92 Å². The predicted molar refractivity (Wildman–Crippen MR) is 121 cm³/mol. The lowest BCUT2D eigenvalue weighted by atomic mass is 10.1. The zero-order chi connectivity index (χ0) is 23.0. The van der Waals surface area contributed by atoms with Crippen LogP contribution in [0.4, 0.5) is 0 Å². The van der Waals surface area contributed by atoms with Crippen molar-refractivity contribution < 1.29 is 23.8 Å². The van der Waals surface area contributed by atoms with Gasteiger partial charge in [0.2, 0.25) is 0 Å². The summed E-state index contributed by atoms with van der Waals surface area (Å²) in [5.41, 5.74) is 1.05. The second-order valence-electron chi connectivity index (χ2n) is 7.73. The minimum Gasteiger partial charge on any atom is -0.379 e. The van der Waals surface area contributed by atoms with Crippen molar-refractivity contribution in [1.82, 2.24) is 9.64 Å². The van der Waals surface area contributed by atoms with Crippen LogP contribution in [0.3, 0.4) is 0 Å². The fourth-order valence-corrected chi connectivity index (χ4v) is 3.83. The molecule has 9 heteroatoms. The van der Waals surface area contributed by atoms with Crippen LogP contribution in [0.15, 0.2) is 70.0 Å². The molecule has 1 unspecified atom stereocenters. The van der Waals surface area contributed by atoms with Crippen molar-refractivity contribution in [2.45, 2.75) is 13.2 Å². The predicted octanol–water partition coefficient (Wildman–Crippen LogP) is 3.39. The van der Waals surface area contributed by atoms with Gasteiger partial charge in [-0.05, 0) is 5.56 Å². The molecular formula is C24H25ClN2O6. The molecule has 0 N–H and O–H groups in total. The summed E-state index contributed by atoms with van der Waals surface area (Å²) >= 11 is 6.26. The van der Waals surface area contributed by atoms with Crippen molar-refractivity contribution in [3.63, 3.8) is 0 Å². The molecule has 1 fully saturated rings. The van der Waals surface area contributed by atoms with E-state index >= 15 is 0 Å². The van der Waals surface area contributed by atoms with Gasteiger partial charge in [-0.25, -0.2) is 4.79 Å². The van der Waals surface area contributed by atoms with Crippen LogP contribution in [-0.4, -0.2) is 48.5 Å². The summed E-state index contributed by atoms with van der Waals surface area (Å²) in [5.74, 6) is -1.03. The molecule has 1 aliphatic heterocycles. The Labute approximate surface area is 196 Å². The summed E-state index contributed by atoms with van der Waals surface area (Å²) in [5, 5.41) is -0.0278. The lowest BCUT2D eigenvalue weighted by Crippen LogP contribution is -2.43. The number of aromatic nitrogens is 1. The van der Waals surface area contributed by atoms with E-state index in [4.69, 9.17) is 30.6 Å². The maximum atomic E-state index is 12.9. The largest absolute Gasteiger partial charge is 0.379 e. The molecule has 0 amide bonds. The highest BCUT2D eigenvalue weighted by Gasteiger charge is 2.29. The summed E-state index contributed by atoms with van der Waals surface area (Å²) in [6.45, 7) is 2.98. The Hall–Kier alpha value is -2.91. The maximum Gasteiger partial charge on any atom is 0.348 e. The van der Waals surface area contributed by atoms with Crippen LogP contribution in [0.1, 0.15) is 5.56 Å². The highest BCUT2D eigenvalue weighted by Crippen LogP contribution is 2.26. The number of benzene rings is 2. The van der Waals surface area contributed by atoms with E-state index in [-0.39, 0.29) is 23.9 Å². The number of halogens is 1. The van der Waals surface area contributed by atoms with Gasteiger partial charge in [-0.1, -0.05) is 72.3 Å². The molecule has 0 spiro atoms. The Morgan fingerprint density at radius 1 is 1.00 bits per heavy atom. The Bertz CT molecular complexity index is 1090. The van der Waals surface area contributed by atoms with Crippen molar-refractivity contribution in [1.29, 1.82) is 0 Å². The lowest BCUT2D eigenvalue weighted by molar-refractivity contribution is -0.284. The molecule has 3 aromatic rings. The number of rotatable bonds is 9. The second-order valence-corrected chi connectivity index (χ2v) is 8.10. The van der Waals surface area contributed by atoms with Crippen LogP contribution in [0.25, 0.3) is 11.3 Å². The van der Waals surface area contributed by atoms with E-state index in [2.05, 4.69) is 4.90 Å². The van der Waals surface area contributed by atoms with Crippen LogP contribution in [-0.2, 0) is 32.5 Å². The second kappa shape index (κ2) is 11.3. The third-order valence-electron chi connectivity index (χ3n) is 5.36. The Balaban J connectivity index is 1.48. The lowest BCUT2D eigenvalue weighted by Gasteiger charge is -2.29. The summed E-state index contributed by atoms with van der Waals surface area (Å²) in [6.07, 6.45) is 0. The Morgan fingerprint density at radius 3 is 2.36 bits per heavy atom. The number of morpholine rings is 1. The first kappa shape index (κ1) is 23.3. The third kappa shape index (κ3) is 6.11. The third-order valence-corrected chi connectivity index (χ3v) is 5.70. The molecule has 2 aromatic carbocycles. The molecule has 0 aliphatic carbocycles. The van der Waals surface area contributed by atoms with Gasteiger partial charge in [0.15, 0.2) is 10.8 Å². The number of hydrogen-bond acceptors (Lipinski definition) is 7. The zero-order valence-electron chi connectivity index (χ0n) is 18.0. The Morgan fingerprint density at radius 2 is 1.67 bits per heavy atom. The summed E-state index contributed by atoms with van der Waals surface area (Å²) in [4.78, 5) is 38.0. The van der Waals surface area contributed by atoms with Crippen LogP contribution in [0.2, 0.25) is 5.02 Å². The molecule has 2 heterocycles. The van der Waals surface area contributed by atoms with Gasteiger partial charge in [0, 0.05) is 25.2 Å². The van der Waals surface area contributed by atoms with Gasteiger partial charge < -0.3 is 9.26 Å². The van der Waals surface area contributed by atoms with E-state index in [0.29, 0.717) is 38.4 Å². The molecule has 174 valence electrons. The van der Waals surface area contributed by atoms with Crippen LogP contribution in [0.5, 0.6) is 0 Å². The van der Waals surface area contributed by atoms with Crippen molar-refractivity contribution in [3.05, 3.63) is 81.6 Å². The average Bonchev–Trinajstić information content (AvgIpc) is 3.14. The number of hydrogen-bond donors (Lipinski definition) is 0. The first-order chi connectivity index (χ1) is 16.1. The number of carbonyl (C=O) groups excluding carboxylic acids is 1. The molecule has 33 heavy (non-hydrogen) atoms. The van der Waals surface area contributed by atoms with E-state index < -0.39 is 17.4 Å². The molecule has 0 bridgehead atoms. The van der Waals surface area contributed by atoms with E-state index in [0.717, 1.165) is 10.3 Å². The van der Waals surface area contributed by atoms with Gasteiger partial charge in [0.25, 0.3) is 0 Å². The van der Waals surface area contributed by atoms with Gasteiger partial charge >= 0.3 is 11.5 Å². The van der Waals surface area contributed by atoms with Crippen molar-refractivity contribution >= 4 is 17.6 Å². The average molecular weight is 473 g/mol. The van der Waals surface area contributed by atoms with Crippen LogP contribution in [0, 0.1) is 5.92 Å². The van der Waals surface area contributed by atoms with Gasteiger partial charge in [-0.15, -0.1) is 0 Å². The fraction of sp³-hybridized carbons (Fsp3) is 0.333. The van der Waals surface area contributed by atoms with E-state index in [9.17, 15) is 9.59 Å². The first-order valence-corrected chi connectivity index (χ1v) is 11.1. The molecule has 1 aliphatic rings. The summed E-state index contributed by atoms with van der Waals surface area (Å²) in [7, 11) is 0. The molecule has 0 radical (unpaired) electrons. The van der Waals surface area contributed by atoms with E-state index in [1.807, 2.05) is 48.5 Å². The minimum absolute atomic E-state index is 0.0278. The summed E-state index contributed by atoms with van der Waals surface area (Å²) < 4.78 is 12.2. The number of ether oxygens (including phenoxy) is 1. The van der Waals surface area contributed by atoms with Crippen LogP contribution >= 0.6 is 11.6 Å². The normalized spacial score (nSPS) is 15.3. The summed E-state index contributed by atoms with van der Waals surface area (Å²) in [6, 6.07) is 18.5. The minimum atomic E-state index is -0.706. The Kier molecular flexibility index (Phi) is 7.96. The standard InChI is InChI=1S/C24H25ClN2O6/c25-21-22(19-9-5-2-6-10-19)32-27(23(21)28)16-20(15-26-11-13-30-14-12-26)24(29)33-31-17-18-7-3-1-4-8-18/h1-10,20H,11-17H2. The topological polar surface area (TPSA) is 83.1 Å². The van der Waals surface area contributed by atoms with Gasteiger partial charge in [0.1, 0.15) is 6.61 Å². The molecular weight excluding hydrogens is 448 g/mol. The molecule has 4 rings (SSSR count). The molecule has 0 saturated carbocycles. The molecule has 1 saturated heterocycles. The van der Waals surface area contributed by atoms with E-state index in [1.54, 1.807) is 12.1 Å². The highest BCUT2D eigenvalue weighted by molar-refractivity contribution is 6.32. The molecule has 1 atom stereocenters. The van der Waals surface area contributed by atoms with Crippen LogP contribution < -0.4 is 5.56 Å². The monoisotopic (exact) mass is 472 g/mol. The van der Waals surface area contributed by atoms with Gasteiger partial charge in [0.05, 0.1) is 25.7 Å². The van der Waals surface area contributed by atoms with Crippen molar-refractivity contribution in [3.8, 4) is 11.3 Å². The van der Waals surface area contributed by atoms with Gasteiger partial charge in [-0.2, -0.15) is 9.63 Å². The molecule has 1 aromatic heterocycles. The smallest absolute Gasteiger partial charge is 0.348 e. The van der Waals surface area contributed by atoms with Gasteiger partial charge in [-0.3, -0.25) is 14.6 Å².